The van der Waals surface area contributed by atoms with E-state index in [9.17, 15) is 9.59 Å². The Labute approximate surface area is 137 Å². The molecule has 1 aromatic carbocycles. The third-order valence-electron chi connectivity index (χ3n) is 3.48. The predicted molar refractivity (Wildman–Crippen MR) is 89.4 cm³/mol. The van der Waals surface area contributed by atoms with Crippen molar-refractivity contribution in [1.29, 1.82) is 0 Å². The van der Waals surface area contributed by atoms with Crippen molar-refractivity contribution < 1.29 is 14.3 Å². The molecule has 0 fully saturated rings. The quantitative estimate of drug-likeness (QED) is 0.732. The fourth-order valence-corrected chi connectivity index (χ4v) is 2.98. The molecular weight excluding hydrogens is 312 g/mol. The van der Waals surface area contributed by atoms with Crippen LogP contribution in [0.5, 0.6) is 0 Å². The van der Waals surface area contributed by atoms with Gasteiger partial charge in [-0.1, -0.05) is 24.3 Å². The standard InChI is InChI=1S/C17H16N2O3S/c1-19(10-13-6-4-8-23-13)16(20)11-22-17(21)15-9-12-5-2-3-7-14(12)18-15/h2-9,18H,10-11H2,1H3. The summed E-state index contributed by atoms with van der Waals surface area (Å²) in [7, 11) is 1.69. The van der Waals surface area contributed by atoms with E-state index >= 15 is 0 Å². The second-order valence-corrected chi connectivity index (χ2v) is 6.21. The average molecular weight is 328 g/mol. The van der Waals surface area contributed by atoms with Crippen LogP contribution in [0.3, 0.4) is 0 Å². The summed E-state index contributed by atoms with van der Waals surface area (Å²) in [5, 5.41) is 2.89. The smallest absolute Gasteiger partial charge is 0.355 e. The molecule has 1 N–H and O–H groups in total. The van der Waals surface area contributed by atoms with Crippen LogP contribution in [0, 0.1) is 0 Å². The van der Waals surface area contributed by atoms with Crippen molar-refractivity contribution >= 4 is 34.1 Å². The van der Waals surface area contributed by atoms with Crippen LogP contribution in [0.1, 0.15) is 15.4 Å². The molecule has 0 atom stereocenters. The molecule has 0 bridgehead atoms. The molecule has 0 spiro atoms. The number of nitrogens with zero attached hydrogens (tertiary/aromatic N) is 1. The number of aromatic nitrogens is 1. The first-order valence-electron chi connectivity index (χ1n) is 7.15. The summed E-state index contributed by atoms with van der Waals surface area (Å²) in [5.74, 6) is -0.762. The van der Waals surface area contributed by atoms with E-state index in [1.807, 2.05) is 41.8 Å². The van der Waals surface area contributed by atoms with Gasteiger partial charge in [0.1, 0.15) is 5.69 Å². The van der Waals surface area contributed by atoms with Crippen LogP contribution in [0.4, 0.5) is 0 Å². The van der Waals surface area contributed by atoms with Crippen LogP contribution >= 0.6 is 11.3 Å². The molecular formula is C17H16N2O3S. The molecule has 2 aromatic heterocycles. The predicted octanol–water partition coefficient (Wildman–Crippen LogP) is 3.04. The Kier molecular flexibility index (Phi) is 4.43. The molecule has 1 amide bonds. The normalized spacial score (nSPS) is 10.7. The zero-order valence-electron chi connectivity index (χ0n) is 12.6. The zero-order valence-corrected chi connectivity index (χ0v) is 13.4. The minimum Gasteiger partial charge on any atom is -0.451 e. The van der Waals surface area contributed by atoms with E-state index in [1.54, 1.807) is 29.4 Å². The second kappa shape index (κ2) is 6.66. The maximum atomic E-state index is 12.0. The lowest BCUT2D eigenvalue weighted by atomic mass is 10.2. The lowest BCUT2D eigenvalue weighted by Gasteiger charge is -2.15. The summed E-state index contributed by atoms with van der Waals surface area (Å²) < 4.78 is 5.10. The number of esters is 1. The molecule has 0 unspecified atom stereocenters. The van der Waals surface area contributed by atoms with Gasteiger partial charge in [0.15, 0.2) is 6.61 Å². The highest BCUT2D eigenvalue weighted by Gasteiger charge is 2.15. The summed E-state index contributed by atoms with van der Waals surface area (Å²) in [6, 6.07) is 13.2. The number of aromatic amines is 1. The summed E-state index contributed by atoms with van der Waals surface area (Å²) in [4.78, 5) is 29.7. The van der Waals surface area contributed by atoms with Gasteiger partial charge in [0, 0.05) is 22.8 Å². The maximum absolute atomic E-state index is 12.0. The average Bonchev–Trinajstić information content (AvgIpc) is 3.20. The van der Waals surface area contributed by atoms with Crippen LogP contribution in [0.15, 0.2) is 47.8 Å². The number of para-hydroxylation sites is 1. The van der Waals surface area contributed by atoms with E-state index in [0.29, 0.717) is 12.2 Å². The molecule has 118 valence electrons. The highest BCUT2D eigenvalue weighted by molar-refractivity contribution is 7.09. The van der Waals surface area contributed by atoms with Gasteiger partial charge in [0.05, 0.1) is 6.54 Å². The van der Waals surface area contributed by atoms with E-state index < -0.39 is 5.97 Å². The molecule has 3 aromatic rings. The fourth-order valence-electron chi connectivity index (χ4n) is 2.22. The monoisotopic (exact) mass is 328 g/mol. The lowest BCUT2D eigenvalue weighted by molar-refractivity contribution is -0.133. The molecule has 23 heavy (non-hydrogen) atoms. The van der Waals surface area contributed by atoms with Crippen molar-refractivity contribution in [2.45, 2.75) is 6.54 Å². The molecule has 0 saturated heterocycles. The van der Waals surface area contributed by atoms with Crippen LogP contribution in [-0.2, 0) is 16.1 Å². The van der Waals surface area contributed by atoms with Crippen molar-refractivity contribution in [2.75, 3.05) is 13.7 Å². The fraction of sp³-hybridized carbons (Fsp3) is 0.176. The zero-order chi connectivity index (χ0) is 16.2. The molecule has 0 aliphatic carbocycles. The number of carbonyl (C=O) groups is 2. The number of thiophene rings is 1. The number of amides is 1. The van der Waals surface area contributed by atoms with Crippen molar-refractivity contribution in [3.05, 3.63) is 58.4 Å². The number of rotatable bonds is 5. The number of likely N-dealkylation sites (N-methyl/N-ethyl adjacent to an activating group) is 1. The van der Waals surface area contributed by atoms with Gasteiger partial charge in [-0.2, -0.15) is 0 Å². The third kappa shape index (κ3) is 3.60. The Morgan fingerprint density at radius 1 is 1.22 bits per heavy atom. The van der Waals surface area contributed by atoms with E-state index in [-0.39, 0.29) is 12.5 Å². The summed E-state index contributed by atoms with van der Waals surface area (Å²) in [6.07, 6.45) is 0. The van der Waals surface area contributed by atoms with Crippen LogP contribution in [0.25, 0.3) is 10.9 Å². The SMILES string of the molecule is CN(Cc1cccs1)C(=O)COC(=O)c1cc2ccccc2[nH]1. The number of hydrogen-bond acceptors (Lipinski definition) is 4. The van der Waals surface area contributed by atoms with Gasteiger partial charge in [0.2, 0.25) is 0 Å². The van der Waals surface area contributed by atoms with Gasteiger partial charge in [-0.05, 0) is 23.6 Å². The molecule has 5 nitrogen and oxygen atoms in total. The minimum absolute atomic E-state index is 0.233. The van der Waals surface area contributed by atoms with Crippen molar-refractivity contribution in [3.63, 3.8) is 0 Å². The largest absolute Gasteiger partial charge is 0.451 e. The Balaban J connectivity index is 1.56. The van der Waals surface area contributed by atoms with Crippen LogP contribution < -0.4 is 0 Å². The van der Waals surface area contributed by atoms with Crippen molar-refractivity contribution in [2.24, 2.45) is 0 Å². The number of hydrogen-bond donors (Lipinski definition) is 1. The van der Waals surface area contributed by atoms with Crippen LogP contribution in [-0.4, -0.2) is 35.4 Å². The number of H-pyrrole nitrogens is 1. The third-order valence-corrected chi connectivity index (χ3v) is 4.34. The molecule has 0 aliphatic heterocycles. The summed E-state index contributed by atoms with van der Waals surface area (Å²) in [5.41, 5.74) is 1.21. The van der Waals surface area contributed by atoms with Gasteiger partial charge in [0.25, 0.3) is 5.91 Å². The highest BCUT2D eigenvalue weighted by Crippen LogP contribution is 2.15. The Morgan fingerprint density at radius 3 is 2.78 bits per heavy atom. The Bertz CT molecular complexity index is 790. The summed E-state index contributed by atoms with van der Waals surface area (Å²) >= 11 is 1.59. The highest BCUT2D eigenvalue weighted by atomic mass is 32.1. The molecule has 6 heteroatoms. The number of benzene rings is 1. The molecule has 0 radical (unpaired) electrons. The molecule has 3 rings (SSSR count). The number of ether oxygens (including phenoxy) is 1. The maximum Gasteiger partial charge on any atom is 0.355 e. The van der Waals surface area contributed by atoms with E-state index in [1.165, 1.54) is 0 Å². The van der Waals surface area contributed by atoms with Gasteiger partial charge in [-0.15, -0.1) is 11.3 Å². The van der Waals surface area contributed by atoms with E-state index in [0.717, 1.165) is 15.8 Å². The molecule has 0 aliphatic rings. The Hall–Kier alpha value is -2.60. The van der Waals surface area contributed by atoms with Gasteiger partial charge in [-0.3, -0.25) is 4.79 Å². The lowest BCUT2D eigenvalue weighted by Crippen LogP contribution is -2.30. The topological polar surface area (TPSA) is 62.4 Å². The van der Waals surface area contributed by atoms with Gasteiger partial charge >= 0.3 is 5.97 Å². The van der Waals surface area contributed by atoms with E-state index in [4.69, 9.17) is 4.74 Å². The van der Waals surface area contributed by atoms with Gasteiger partial charge < -0.3 is 14.6 Å². The van der Waals surface area contributed by atoms with Crippen molar-refractivity contribution in [1.82, 2.24) is 9.88 Å². The minimum atomic E-state index is -0.529. The number of fused-ring (bicyclic) bond motifs is 1. The first-order chi connectivity index (χ1) is 11.1. The summed E-state index contributed by atoms with van der Waals surface area (Å²) in [6.45, 7) is 0.247. The first kappa shape index (κ1) is 15.3. The van der Waals surface area contributed by atoms with Crippen molar-refractivity contribution in [3.8, 4) is 0 Å². The Morgan fingerprint density at radius 2 is 2.04 bits per heavy atom. The first-order valence-corrected chi connectivity index (χ1v) is 8.02. The number of nitrogens with one attached hydrogen (secondary N) is 1. The van der Waals surface area contributed by atoms with Crippen LogP contribution in [0.2, 0.25) is 0 Å². The molecule has 2 heterocycles. The van der Waals surface area contributed by atoms with E-state index in [2.05, 4.69) is 4.98 Å². The molecule has 0 saturated carbocycles. The van der Waals surface area contributed by atoms with Gasteiger partial charge in [-0.25, -0.2) is 4.79 Å². The number of carbonyl (C=O) groups excluding carboxylic acids is 2. The second-order valence-electron chi connectivity index (χ2n) is 5.18.